The first-order valence-electron chi connectivity index (χ1n) is 10.3. The third-order valence-electron chi connectivity index (χ3n) is 6.18. The van der Waals surface area contributed by atoms with Crippen molar-refractivity contribution < 1.29 is 9.18 Å². The molecule has 1 unspecified atom stereocenters. The molecular formula is C22H29FN4O. The van der Waals surface area contributed by atoms with Gasteiger partial charge in [0.15, 0.2) is 0 Å². The molecular weight excluding hydrogens is 355 g/mol. The van der Waals surface area contributed by atoms with Gasteiger partial charge in [0.05, 0.1) is 5.69 Å². The number of hydrogen-bond acceptors (Lipinski definition) is 3. The van der Waals surface area contributed by atoms with Crippen LogP contribution in [0.3, 0.4) is 0 Å². The lowest BCUT2D eigenvalue weighted by Crippen LogP contribution is -2.45. The Balaban J connectivity index is 1.31. The molecule has 28 heavy (non-hydrogen) atoms. The summed E-state index contributed by atoms with van der Waals surface area (Å²) >= 11 is 0. The Hall–Kier alpha value is -2.21. The van der Waals surface area contributed by atoms with Crippen LogP contribution < -0.4 is 0 Å². The summed E-state index contributed by atoms with van der Waals surface area (Å²) in [6.07, 6.45) is 5.88. The molecule has 0 bridgehead atoms. The number of amides is 1. The van der Waals surface area contributed by atoms with Gasteiger partial charge in [0.1, 0.15) is 5.82 Å². The third-order valence-corrected chi connectivity index (χ3v) is 6.18. The molecule has 150 valence electrons. The van der Waals surface area contributed by atoms with Gasteiger partial charge in [-0.25, -0.2) is 4.39 Å². The van der Waals surface area contributed by atoms with Crippen molar-refractivity contribution in [3.05, 3.63) is 53.6 Å². The molecule has 0 N–H and O–H groups in total. The van der Waals surface area contributed by atoms with E-state index in [-0.39, 0.29) is 17.1 Å². The van der Waals surface area contributed by atoms with E-state index in [0.717, 1.165) is 56.8 Å². The maximum absolute atomic E-state index is 13.1. The van der Waals surface area contributed by atoms with Crippen molar-refractivity contribution in [2.45, 2.75) is 45.7 Å². The lowest BCUT2D eigenvalue weighted by atomic mass is 9.79. The first-order chi connectivity index (χ1) is 13.5. The van der Waals surface area contributed by atoms with Crippen LogP contribution in [0.15, 0.2) is 36.5 Å². The number of hydrogen-bond donors (Lipinski definition) is 0. The zero-order chi connectivity index (χ0) is 19.6. The number of piperidine rings is 1. The summed E-state index contributed by atoms with van der Waals surface area (Å²) in [5.41, 5.74) is 2.35. The molecule has 2 fully saturated rings. The smallest absolute Gasteiger partial charge is 0.224 e. The number of aryl methyl sites for hydroxylation is 2. The third kappa shape index (κ3) is 4.43. The summed E-state index contributed by atoms with van der Waals surface area (Å²) in [6, 6.07) is 8.78. The van der Waals surface area contributed by atoms with Crippen molar-refractivity contribution >= 4 is 5.91 Å². The van der Waals surface area contributed by atoms with Crippen molar-refractivity contribution in [2.24, 2.45) is 5.41 Å². The summed E-state index contributed by atoms with van der Waals surface area (Å²) in [4.78, 5) is 17.2. The number of carbonyl (C=O) groups is 1. The first kappa shape index (κ1) is 19.1. The quantitative estimate of drug-likeness (QED) is 0.795. The summed E-state index contributed by atoms with van der Waals surface area (Å²) in [6.45, 7) is 7.29. The number of aromatic nitrogens is 2. The van der Waals surface area contributed by atoms with Crippen LogP contribution in [0.1, 0.15) is 36.9 Å². The lowest BCUT2D eigenvalue weighted by Gasteiger charge is -2.40. The molecule has 0 aliphatic carbocycles. The Morgan fingerprint density at radius 3 is 2.71 bits per heavy atom. The Labute approximate surface area is 166 Å². The summed E-state index contributed by atoms with van der Waals surface area (Å²) < 4.78 is 15.0. The van der Waals surface area contributed by atoms with Crippen molar-refractivity contribution in [3.63, 3.8) is 0 Å². The molecule has 2 aliphatic rings. The average molecular weight is 384 g/mol. The fourth-order valence-corrected chi connectivity index (χ4v) is 4.73. The van der Waals surface area contributed by atoms with Crippen LogP contribution in [-0.4, -0.2) is 51.7 Å². The van der Waals surface area contributed by atoms with Gasteiger partial charge in [0.2, 0.25) is 5.91 Å². The largest absolute Gasteiger partial charge is 0.342 e. The Morgan fingerprint density at radius 2 is 1.96 bits per heavy atom. The maximum atomic E-state index is 13.1. The standard InChI is InChI=1S/C22H29FN4O/c1-18-7-12-27(24-18)13-8-21(28)26-14-10-22(17-26)9-2-11-25(16-22)15-19-3-5-20(23)6-4-19/h3-7,12H,2,8-11,13-17H2,1H3. The van der Waals surface area contributed by atoms with E-state index in [1.54, 1.807) is 0 Å². The second-order valence-electron chi connectivity index (χ2n) is 8.48. The number of likely N-dealkylation sites (tertiary alicyclic amines) is 2. The van der Waals surface area contributed by atoms with E-state index in [9.17, 15) is 9.18 Å². The molecule has 3 heterocycles. The fraction of sp³-hybridized carbons (Fsp3) is 0.545. The highest BCUT2D eigenvalue weighted by atomic mass is 19.1. The molecule has 6 heteroatoms. The zero-order valence-corrected chi connectivity index (χ0v) is 16.6. The van der Waals surface area contributed by atoms with Crippen molar-refractivity contribution in [1.29, 1.82) is 0 Å². The van der Waals surface area contributed by atoms with Gasteiger partial charge in [-0.3, -0.25) is 14.4 Å². The Kier molecular flexibility index (Phi) is 5.49. The van der Waals surface area contributed by atoms with E-state index in [4.69, 9.17) is 0 Å². The van der Waals surface area contributed by atoms with E-state index in [1.807, 2.05) is 36.0 Å². The monoisotopic (exact) mass is 384 g/mol. The van der Waals surface area contributed by atoms with Crippen LogP contribution in [0.5, 0.6) is 0 Å². The van der Waals surface area contributed by atoms with E-state index in [0.29, 0.717) is 13.0 Å². The molecule has 0 radical (unpaired) electrons. The molecule has 2 aliphatic heterocycles. The summed E-state index contributed by atoms with van der Waals surface area (Å²) in [5, 5.41) is 4.36. The number of benzene rings is 1. The second kappa shape index (κ2) is 8.03. The minimum Gasteiger partial charge on any atom is -0.342 e. The fourth-order valence-electron chi connectivity index (χ4n) is 4.73. The molecule has 2 aromatic rings. The molecule has 1 atom stereocenters. The molecule has 5 nitrogen and oxygen atoms in total. The van der Waals surface area contributed by atoms with Gasteiger partial charge in [-0.2, -0.15) is 5.10 Å². The van der Waals surface area contributed by atoms with Crippen LogP contribution in [0.2, 0.25) is 0 Å². The van der Waals surface area contributed by atoms with Crippen molar-refractivity contribution in [1.82, 2.24) is 19.6 Å². The number of nitrogens with zero attached hydrogens (tertiary/aromatic N) is 4. The normalized spacial score (nSPS) is 22.9. The van der Waals surface area contributed by atoms with Gasteiger partial charge < -0.3 is 4.90 Å². The lowest BCUT2D eigenvalue weighted by molar-refractivity contribution is -0.131. The predicted octanol–water partition coefficient (Wildman–Crippen LogP) is 3.24. The van der Waals surface area contributed by atoms with E-state index < -0.39 is 0 Å². The molecule has 4 rings (SSSR count). The Bertz CT molecular complexity index is 818. The minimum atomic E-state index is -0.186. The highest BCUT2D eigenvalue weighted by Gasteiger charge is 2.42. The van der Waals surface area contributed by atoms with E-state index in [2.05, 4.69) is 14.9 Å². The van der Waals surface area contributed by atoms with Crippen molar-refractivity contribution in [3.8, 4) is 0 Å². The molecule has 1 aromatic carbocycles. The van der Waals surface area contributed by atoms with Gasteiger partial charge in [-0.15, -0.1) is 0 Å². The van der Waals surface area contributed by atoms with Crippen LogP contribution in [-0.2, 0) is 17.9 Å². The predicted molar refractivity (Wildman–Crippen MR) is 106 cm³/mol. The first-order valence-corrected chi connectivity index (χ1v) is 10.3. The summed E-state index contributed by atoms with van der Waals surface area (Å²) in [7, 11) is 0. The van der Waals surface area contributed by atoms with E-state index >= 15 is 0 Å². The number of halogens is 1. The SMILES string of the molecule is Cc1ccn(CCC(=O)N2CCC3(CCCN(Cc4ccc(F)cc4)C3)C2)n1. The topological polar surface area (TPSA) is 41.4 Å². The molecule has 1 amide bonds. The van der Waals surface area contributed by atoms with Gasteiger partial charge in [0, 0.05) is 50.8 Å². The second-order valence-corrected chi connectivity index (χ2v) is 8.48. The number of rotatable bonds is 5. The highest BCUT2D eigenvalue weighted by molar-refractivity contribution is 5.76. The molecule has 2 saturated heterocycles. The minimum absolute atomic E-state index is 0.186. The van der Waals surface area contributed by atoms with Crippen molar-refractivity contribution in [2.75, 3.05) is 26.2 Å². The van der Waals surface area contributed by atoms with Gasteiger partial charge in [-0.05, 0) is 56.5 Å². The molecule has 1 spiro atoms. The number of carbonyl (C=O) groups excluding carboxylic acids is 1. The highest BCUT2D eigenvalue weighted by Crippen LogP contribution is 2.39. The summed E-state index contributed by atoms with van der Waals surface area (Å²) in [5.74, 6) is 0.0507. The molecule has 0 saturated carbocycles. The van der Waals surface area contributed by atoms with Gasteiger partial charge in [0.25, 0.3) is 0 Å². The zero-order valence-electron chi connectivity index (χ0n) is 16.6. The van der Waals surface area contributed by atoms with Gasteiger partial charge >= 0.3 is 0 Å². The van der Waals surface area contributed by atoms with Crippen LogP contribution in [0, 0.1) is 18.2 Å². The van der Waals surface area contributed by atoms with E-state index in [1.165, 1.54) is 18.6 Å². The Morgan fingerprint density at radius 1 is 1.14 bits per heavy atom. The average Bonchev–Trinajstić information content (AvgIpc) is 3.28. The van der Waals surface area contributed by atoms with Crippen LogP contribution in [0.4, 0.5) is 4.39 Å². The maximum Gasteiger partial charge on any atom is 0.224 e. The molecule has 1 aromatic heterocycles. The van der Waals surface area contributed by atoms with Crippen LogP contribution >= 0.6 is 0 Å². The van der Waals surface area contributed by atoms with Gasteiger partial charge in [-0.1, -0.05) is 12.1 Å². The van der Waals surface area contributed by atoms with Crippen LogP contribution in [0.25, 0.3) is 0 Å².